The second-order valence-electron chi connectivity index (χ2n) is 4.23. The number of aromatic nitrogens is 4. The number of rotatable bonds is 3. The van der Waals surface area contributed by atoms with Crippen LogP contribution in [-0.4, -0.2) is 24.5 Å². The van der Waals surface area contributed by atoms with Gasteiger partial charge in [0.2, 0.25) is 0 Å². The average Bonchev–Trinajstić information content (AvgIpc) is 2.77. The minimum atomic E-state index is 0.366. The van der Waals surface area contributed by atoms with E-state index in [9.17, 15) is 0 Å². The highest BCUT2D eigenvalue weighted by molar-refractivity contribution is 7.80. The van der Waals surface area contributed by atoms with E-state index in [1.165, 1.54) is 0 Å². The summed E-state index contributed by atoms with van der Waals surface area (Å²) >= 11 is 11.0. The largest absolute Gasteiger partial charge is 0.392 e. The zero-order valence-electron chi connectivity index (χ0n) is 10.3. The molecule has 3 rings (SSSR count). The van der Waals surface area contributed by atoms with Crippen molar-refractivity contribution in [2.45, 2.75) is 6.54 Å². The Morgan fingerprint density at radius 1 is 1.40 bits per heavy atom. The number of pyridine rings is 2. The van der Waals surface area contributed by atoms with Gasteiger partial charge in [-0.05, 0) is 18.2 Å². The molecule has 5 nitrogen and oxygen atoms in total. The quantitative estimate of drug-likeness (QED) is 0.753. The highest BCUT2D eigenvalue weighted by Crippen LogP contribution is 2.24. The van der Waals surface area contributed by atoms with Crippen LogP contribution in [-0.2, 0) is 6.54 Å². The van der Waals surface area contributed by atoms with E-state index < -0.39 is 0 Å². The van der Waals surface area contributed by atoms with Gasteiger partial charge in [0, 0.05) is 24.2 Å². The first kappa shape index (κ1) is 13.0. The molecular weight excluding hydrogens is 294 g/mol. The van der Waals surface area contributed by atoms with Gasteiger partial charge in [-0.2, -0.15) is 0 Å². The number of nitrogens with zero attached hydrogens (tertiary/aromatic N) is 4. The zero-order chi connectivity index (χ0) is 14.1. The summed E-state index contributed by atoms with van der Waals surface area (Å²) in [4.78, 5) is 13.3. The Bertz CT molecular complexity index is 784. The molecule has 2 N–H and O–H groups in total. The molecule has 0 amide bonds. The average molecular weight is 304 g/mol. The second kappa shape index (κ2) is 5.15. The van der Waals surface area contributed by atoms with E-state index in [4.69, 9.17) is 29.6 Å². The maximum Gasteiger partial charge on any atom is 0.160 e. The molecule has 3 aromatic rings. The van der Waals surface area contributed by atoms with Gasteiger partial charge < -0.3 is 10.3 Å². The number of thiocarbonyl (C=S) groups is 1. The Morgan fingerprint density at radius 3 is 2.95 bits per heavy atom. The van der Waals surface area contributed by atoms with Crippen LogP contribution in [0, 0.1) is 0 Å². The fourth-order valence-corrected chi connectivity index (χ4v) is 2.29. The summed E-state index contributed by atoms with van der Waals surface area (Å²) in [6.07, 6.45) is 5.02. The van der Waals surface area contributed by atoms with Gasteiger partial charge in [-0.15, -0.1) is 0 Å². The van der Waals surface area contributed by atoms with Gasteiger partial charge in [0.05, 0.1) is 16.6 Å². The number of nitrogens with two attached hydrogens (primary N) is 1. The maximum atomic E-state index is 5.96. The topological polar surface area (TPSA) is 69.6 Å². The predicted molar refractivity (Wildman–Crippen MR) is 82.6 cm³/mol. The summed E-state index contributed by atoms with van der Waals surface area (Å²) in [5.74, 6) is 0.718. The van der Waals surface area contributed by atoms with Crippen LogP contribution in [0.5, 0.6) is 0 Å². The van der Waals surface area contributed by atoms with Crippen LogP contribution in [0.4, 0.5) is 0 Å². The van der Waals surface area contributed by atoms with Crippen molar-refractivity contribution >= 4 is 40.0 Å². The van der Waals surface area contributed by atoms with Crippen molar-refractivity contribution in [3.63, 3.8) is 0 Å². The van der Waals surface area contributed by atoms with Crippen LogP contribution < -0.4 is 5.73 Å². The van der Waals surface area contributed by atoms with Crippen LogP contribution >= 0.6 is 23.8 Å². The monoisotopic (exact) mass is 303 g/mol. The van der Waals surface area contributed by atoms with Gasteiger partial charge in [-0.25, -0.2) is 9.97 Å². The number of imidazole rings is 1. The fourth-order valence-electron chi connectivity index (χ4n) is 2.01. The van der Waals surface area contributed by atoms with Crippen molar-refractivity contribution < 1.29 is 0 Å². The predicted octanol–water partition coefficient (Wildman–Crippen LogP) is 2.43. The Kier molecular flexibility index (Phi) is 3.33. The van der Waals surface area contributed by atoms with Gasteiger partial charge in [0.25, 0.3) is 0 Å². The van der Waals surface area contributed by atoms with Crippen molar-refractivity contribution in [2.24, 2.45) is 5.73 Å². The molecule has 0 unspecified atom stereocenters. The third kappa shape index (κ3) is 2.35. The maximum absolute atomic E-state index is 5.96. The number of fused-ring (bicyclic) bond motifs is 1. The fraction of sp³-hybridized carbons (Fsp3) is 0.0769. The molecule has 0 bridgehead atoms. The molecule has 0 aliphatic rings. The molecule has 3 heterocycles. The number of hydrogen-bond acceptors (Lipinski definition) is 4. The lowest BCUT2D eigenvalue weighted by Gasteiger charge is -2.07. The van der Waals surface area contributed by atoms with E-state index in [1.54, 1.807) is 24.7 Å². The van der Waals surface area contributed by atoms with E-state index in [-0.39, 0.29) is 0 Å². The highest BCUT2D eigenvalue weighted by Gasteiger charge is 2.14. The smallest absolute Gasteiger partial charge is 0.160 e. The van der Waals surface area contributed by atoms with E-state index in [2.05, 4.69) is 15.0 Å². The molecule has 0 saturated carbocycles. The Hall–Kier alpha value is -2.05. The summed E-state index contributed by atoms with van der Waals surface area (Å²) in [5.41, 5.74) is 7.93. The molecule has 0 aliphatic heterocycles. The molecule has 0 fully saturated rings. The molecule has 7 heteroatoms. The van der Waals surface area contributed by atoms with E-state index in [1.807, 2.05) is 16.7 Å². The van der Waals surface area contributed by atoms with Crippen LogP contribution in [0.2, 0.25) is 5.02 Å². The van der Waals surface area contributed by atoms with Crippen molar-refractivity contribution in [2.75, 3.05) is 0 Å². The molecule has 0 atom stereocenters. The van der Waals surface area contributed by atoms with E-state index in [0.717, 1.165) is 11.4 Å². The molecule has 0 aliphatic carbocycles. The molecule has 0 spiro atoms. The van der Waals surface area contributed by atoms with Crippen molar-refractivity contribution in [3.05, 3.63) is 41.8 Å². The van der Waals surface area contributed by atoms with Crippen LogP contribution in [0.15, 0.2) is 36.8 Å². The Morgan fingerprint density at radius 2 is 2.25 bits per heavy atom. The van der Waals surface area contributed by atoms with Crippen LogP contribution in [0.1, 0.15) is 0 Å². The van der Waals surface area contributed by atoms with Crippen molar-refractivity contribution in [3.8, 4) is 11.4 Å². The van der Waals surface area contributed by atoms with Crippen molar-refractivity contribution in [1.82, 2.24) is 19.5 Å². The minimum absolute atomic E-state index is 0.366. The summed E-state index contributed by atoms with van der Waals surface area (Å²) in [7, 11) is 0. The van der Waals surface area contributed by atoms with Gasteiger partial charge >= 0.3 is 0 Å². The lowest BCUT2D eigenvalue weighted by atomic mass is 10.3. The molecular formula is C13H10ClN5S. The normalized spacial score (nSPS) is 10.8. The van der Waals surface area contributed by atoms with Gasteiger partial charge in [-0.1, -0.05) is 23.8 Å². The molecule has 100 valence electrons. The second-order valence-corrected chi connectivity index (χ2v) is 5.19. The third-order valence-electron chi connectivity index (χ3n) is 2.79. The molecule has 0 aromatic carbocycles. The first-order valence-electron chi connectivity index (χ1n) is 5.85. The third-order valence-corrected chi connectivity index (χ3v) is 3.12. The van der Waals surface area contributed by atoms with Crippen molar-refractivity contribution in [1.29, 1.82) is 0 Å². The first-order chi connectivity index (χ1) is 9.65. The summed E-state index contributed by atoms with van der Waals surface area (Å²) in [6.45, 7) is 0.366. The molecule has 3 aromatic heterocycles. The molecule has 20 heavy (non-hydrogen) atoms. The summed E-state index contributed by atoms with van der Waals surface area (Å²) in [5, 5.41) is 0.537. The SMILES string of the molecule is NC(=S)Cn1c(-c2cccnc2)nc2cc(Cl)cnc21. The summed E-state index contributed by atoms with van der Waals surface area (Å²) < 4.78 is 1.87. The first-order valence-corrected chi connectivity index (χ1v) is 6.64. The molecule has 0 radical (unpaired) electrons. The number of halogens is 1. The minimum Gasteiger partial charge on any atom is -0.392 e. The molecule has 0 saturated heterocycles. The lowest BCUT2D eigenvalue weighted by molar-refractivity contribution is 0.881. The van der Waals surface area contributed by atoms with Crippen LogP contribution in [0.3, 0.4) is 0 Å². The van der Waals surface area contributed by atoms with E-state index in [0.29, 0.717) is 27.7 Å². The summed E-state index contributed by atoms with van der Waals surface area (Å²) in [6, 6.07) is 5.53. The van der Waals surface area contributed by atoms with Gasteiger partial charge in [-0.3, -0.25) is 4.98 Å². The lowest BCUT2D eigenvalue weighted by Crippen LogP contribution is -2.17. The number of hydrogen-bond donors (Lipinski definition) is 1. The zero-order valence-corrected chi connectivity index (χ0v) is 11.9. The highest BCUT2D eigenvalue weighted by atomic mass is 35.5. The standard InChI is InChI=1S/C13H10ClN5S/c14-9-4-10-13(17-6-9)19(7-11(15)20)12(18-10)8-2-1-3-16-5-8/h1-6H,7H2,(H2,15,20). The van der Waals surface area contributed by atoms with Crippen LogP contribution in [0.25, 0.3) is 22.6 Å². The van der Waals surface area contributed by atoms with E-state index >= 15 is 0 Å². The Balaban J connectivity index is 2.27. The van der Waals surface area contributed by atoms with Gasteiger partial charge in [0.15, 0.2) is 5.65 Å². The Labute approximate surface area is 125 Å². The van der Waals surface area contributed by atoms with Gasteiger partial charge in [0.1, 0.15) is 11.3 Å².